The molecule has 0 saturated heterocycles. The van der Waals surface area contributed by atoms with Crippen molar-refractivity contribution in [3.05, 3.63) is 408 Å². The summed E-state index contributed by atoms with van der Waals surface area (Å²) in [6, 6.07) is 134. The van der Waals surface area contributed by atoms with Crippen molar-refractivity contribution in [3.8, 4) is 44.5 Å². The number of para-hydroxylation sites is 7. The van der Waals surface area contributed by atoms with Crippen LogP contribution < -0.4 is 0 Å². The van der Waals surface area contributed by atoms with Crippen LogP contribution in [-0.4, -0.2) is 17.6 Å². The fraction of sp³-hybridized carbons (Fsp3) is 0.0923. The molecule has 0 amide bonds. The lowest BCUT2D eigenvalue weighted by Gasteiger charge is -2.21. The highest BCUT2D eigenvalue weighted by Gasteiger charge is 2.43. The van der Waals surface area contributed by atoms with Crippen LogP contribution in [0.2, 0.25) is 0 Å². The summed E-state index contributed by atoms with van der Waals surface area (Å²) in [7, 11) is 0. The van der Waals surface area contributed by atoms with Gasteiger partial charge >= 0.3 is 0 Å². The predicted molar refractivity (Wildman–Crippen MR) is 574 cm³/mol. The van der Waals surface area contributed by atoms with E-state index in [1.54, 1.807) is 0 Å². The van der Waals surface area contributed by atoms with E-state index in [1.165, 1.54) is 284 Å². The molecule has 137 heavy (non-hydrogen) atoms. The summed E-state index contributed by atoms with van der Waals surface area (Å²) in [5.41, 5.74) is 43.3. The van der Waals surface area contributed by atoms with Crippen LogP contribution in [0.15, 0.2) is 377 Å². The van der Waals surface area contributed by atoms with Gasteiger partial charge in [-0.25, -0.2) is 0 Å². The Morgan fingerprint density at radius 3 is 0.898 bits per heavy atom. The van der Waals surface area contributed by atoms with Gasteiger partial charge in [-0.05, 0) is 215 Å². The van der Waals surface area contributed by atoms with Crippen LogP contribution in [0.3, 0.4) is 0 Å². The Morgan fingerprint density at radius 2 is 0.453 bits per heavy atom. The largest absolute Gasteiger partial charge is 0.456 e. The summed E-state index contributed by atoms with van der Waals surface area (Å²) < 4.78 is 29.4. The van der Waals surface area contributed by atoms with E-state index in [4.69, 9.17) is 13.3 Å². The molecule has 4 aliphatic carbocycles. The zero-order valence-electron chi connectivity index (χ0n) is 76.7. The van der Waals surface area contributed by atoms with E-state index in [1.807, 2.05) is 0 Å². The minimum absolute atomic E-state index is 0.00250. The van der Waals surface area contributed by atoms with Crippen molar-refractivity contribution in [3.63, 3.8) is 0 Å². The monoisotopic (exact) mass is 1750 g/mol. The van der Waals surface area contributed by atoms with E-state index < -0.39 is 0 Å². The molecule has 0 atom stereocenters. The minimum Gasteiger partial charge on any atom is -0.456 e. The van der Waals surface area contributed by atoms with Gasteiger partial charge in [0.2, 0.25) is 0 Å². The Balaban J connectivity index is 0.0000000833. The molecule has 31 aromatic rings. The van der Waals surface area contributed by atoms with Crippen molar-refractivity contribution in [2.24, 2.45) is 0 Å². The van der Waals surface area contributed by atoms with Gasteiger partial charge in [0.15, 0.2) is 0 Å². The molecule has 0 unspecified atom stereocenters. The molecule has 0 spiro atoms. The van der Waals surface area contributed by atoms with Crippen LogP contribution in [0.25, 0.3) is 273 Å². The van der Waals surface area contributed by atoms with Gasteiger partial charge in [-0.3, -0.25) is 0 Å². The topological polar surface area (TPSA) is 57.1 Å². The van der Waals surface area contributed by atoms with E-state index in [0.717, 1.165) is 33.5 Å². The molecule has 35 rings (SSSR count). The first-order valence-corrected chi connectivity index (χ1v) is 48.3. The molecule has 0 saturated carbocycles. The van der Waals surface area contributed by atoms with Gasteiger partial charge in [0.05, 0.1) is 71.6 Å². The number of hydrogen-bond acceptors (Lipinski definition) is 3. The van der Waals surface area contributed by atoms with Crippen LogP contribution in [0.5, 0.6) is 0 Å². The third-order valence-corrected chi connectivity index (χ3v) is 33.4. The van der Waals surface area contributed by atoms with Crippen molar-refractivity contribution in [2.45, 2.75) is 77.0 Å². The molecule has 4 aliphatic rings. The normalized spacial score (nSPS) is 14.8. The van der Waals surface area contributed by atoms with E-state index in [9.17, 15) is 0 Å². The number of rotatable bonds is 0. The molecule has 0 N–H and O–H groups in total. The number of fused-ring (bicyclic) bond motifs is 50. The molecule has 11 heterocycles. The average Bonchev–Trinajstić information content (AvgIpc) is 1.52. The number of aromatic nitrogens is 4. The summed E-state index contributed by atoms with van der Waals surface area (Å²) in [6.07, 6.45) is 0. The van der Waals surface area contributed by atoms with Crippen LogP contribution in [0.4, 0.5) is 0 Å². The fourth-order valence-corrected chi connectivity index (χ4v) is 27.3. The summed E-state index contributed by atoms with van der Waals surface area (Å²) in [4.78, 5) is 0. The summed E-state index contributed by atoms with van der Waals surface area (Å²) >= 11 is 0. The minimum atomic E-state index is -0.0352. The van der Waals surface area contributed by atoms with E-state index in [0.29, 0.717) is 0 Å². The number of hydrogen-bond donors (Lipinski definition) is 0. The SMILES string of the molecule is CC1(C)c2ccccc2-c2cc3c4c5c(cc6c7ccccc7n(c3cc21)c64)oc1ccccc15.CC1(C)c2ccccc2-c2cc3c4c5oc6ccccc6c5cc5c6ccccc6n(c3cc21)c54.CC1(C)c2ccccc2-c2cc3c4cc5ccccc5c5c6ccccc6n(c3cc21)c45.CC1(C)c2ccccc2-c2cc3c4cc5oc6ccccc6c5c5c6ccccc6n(c3cc21)c45. The lowest BCUT2D eigenvalue weighted by molar-refractivity contribution is 0.661. The summed E-state index contributed by atoms with van der Waals surface area (Å²) in [5.74, 6) is 0. The quantitative estimate of drug-likeness (QED) is 0.152. The van der Waals surface area contributed by atoms with Gasteiger partial charge in [0.25, 0.3) is 0 Å². The van der Waals surface area contributed by atoms with Crippen molar-refractivity contribution in [1.29, 1.82) is 0 Å². The fourth-order valence-electron chi connectivity index (χ4n) is 27.3. The first kappa shape index (κ1) is 74.8. The lowest BCUT2D eigenvalue weighted by atomic mass is 9.82. The third kappa shape index (κ3) is 9.15. The van der Waals surface area contributed by atoms with Gasteiger partial charge in [0.1, 0.15) is 33.5 Å². The standard InChI is InChI=1S/3C33H21NO.C31H21N/c1-33(2)25-12-6-3-9-18(25)21-15-24-28(17-26(21)33)34-27-13-7-4-10-19(27)22-16-23-20-11-5-8-14-29(20)35-32(23)30(24)31(22)34;1-33(2)24-12-6-3-9-18(24)21-15-23-27(17-25(21)33)34-26-13-7-4-10-19(26)22-16-29-30(31(23)32(22)34)20-11-5-8-14-28(20)35-29;1-33(2)24-12-6-3-9-18(24)21-15-22-23-16-29-30(20-11-5-8-14-28(20)35-29)31-19-10-4-7-13-26(19)34(32(23)31)27(22)17-25(21)33;1-31(2)25-13-7-5-11-20(25)22-16-23-24-15-18-9-3-4-10-19(18)29-21-12-6-8-14-27(21)32(30(24)29)28(23)17-26(22)31/h3*3-17H,1-2H3;3-17H,1-2H3. The maximum atomic E-state index is 6.59. The second kappa shape index (κ2) is 25.4. The number of benzene rings is 20. The second-order valence-electron chi connectivity index (χ2n) is 41.5. The molecule has 0 aliphatic heterocycles. The summed E-state index contributed by atoms with van der Waals surface area (Å²) in [5, 5.41) is 30.7. The molecule has 7 heteroatoms. The first-order valence-electron chi connectivity index (χ1n) is 48.3. The molecular formula is C130H84N4O3. The Bertz CT molecular complexity index is 10900. The maximum absolute atomic E-state index is 6.59. The predicted octanol–water partition coefficient (Wildman–Crippen LogP) is 35.4. The Morgan fingerprint density at radius 1 is 0.161 bits per heavy atom. The molecule has 0 fully saturated rings. The van der Waals surface area contributed by atoms with E-state index >= 15 is 0 Å². The van der Waals surface area contributed by atoms with Crippen molar-refractivity contribution in [2.75, 3.05) is 0 Å². The van der Waals surface area contributed by atoms with E-state index in [-0.39, 0.29) is 21.7 Å². The smallest absolute Gasteiger partial charge is 0.145 e. The van der Waals surface area contributed by atoms with Gasteiger partial charge in [-0.1, -0.05) is 304 Å². The van der Waals surface area contributed by atoms with Crippen LogP contribution in [-0.2, 0) is 21.7 Å². The van der Waals surface area contributed by atoms with Gasteiger partial charge in [-0.15, -0.1) is 0 Å². The van der Waals surface area contributed by atoms with Gasteiger partial charge < -0.3 is 30.9 Å². The zero-order valence-corrected chi connectivity index (χ0v) is 76.7. The molecule has 0 radical (unpaired) electrons. The molecule has 20 aromatic carbocycles. The molecule has 7 nitrogen and oxygen atoms in total. The van der Waals surface area contributed by atoms with Crippen LogP contribution >= 0.6 is 0 Å². The van der Waals surface area contributed by atoms with Crippen LogP contribution in [0, 0.1) is 0 Å². The highest BCUT2D eigenvalue weighted by molar-refractivity contribution is 6.39. The Labute approximate surface area is 784 Å². The first-order chi connectivity index (χ1) is 67.0. The molecule has 11 aromatic heterocycles. The van der Waals surface area contributed by atoms with Crippen LogP contribution in [0.1, 0.15) is 99.9 Å². The van der Waals surface area contributed by atoms with Gasteiger partial charge in [0, 0.05) is 135 Å². The Kier molecular flexibility index (Phi) is 13.9. The number of furan rings is 3. The van der Waals surface area contributed by atoms with Crippen molar-refractivity contribution < 1.29 is 13.3 Å². The maximum Gasteiger partial charge on any atom is 0.145 e. The third-order valence-electron chi connectivity index (χ3n) is 33.4. The average molecular weight is 1750 g/mol. The van der Waals surface area contributed by atoms with Gasteiger partial charge in [-0.2, -0.15) is 0 Å². The second-order valence-corrected chi connectivity index (χ2v) is 41.5. The zero-order chi connectivity index (χ0) is 90.3. The molecular weight excluding hydrogens is 1670 g/mol. The van der Waals surface area contributed by atoms with Crippen molar-refractivity contribution in [1.82, 2.24) is 17.6 Å². The molecule has 642 valence electrons. The molecule has 0 bridgehead atoms. The highest BCUT2D eigenvalue weighted by atomic mass is 16.3. The Hall–Kier alpha value is -16.7. The lowest BCUT2D eigenvalue weighted by Crippen LogP contribution is -2.14. The van der Waals surface area contributed by atoms with Crippen molar-refractivity contribution >= 4 is 229 Å². The van der Waals surface area contributed by atoms with E-state index in [2.05, 4.69) is 437 Å². The number of nitrogens with zero attached hydrogens (tertiary/aromatic N) is 4. The summed E-state index contributed by atoms with van der Waals surface area (Å²) in [6.45, 7) is 18.9. The highest BCUT2D eigenvalue weighted by Crippen LogP contribution is 2.60.